The Morgan fingerprint density at radius 2 is 2.12 bits per heavy atom. The fourth-order valence-electron chi connectivity index (χ4n) is 3.42. The number of likely N-dealkylation sites (N-methyl/N-ethyl adjacent to an activating group) is 1. The number of aromatic nitrogens is 2. The fourth-order valence-corrected chi connectivity index (χ4v) is 3.42. The van der Waals surface area contributed by atoms with Crippen molar-refractivity contribution in [3.05, 3.63) is 54.1 Å². The van der Waals surface area contributed by atoms with Crippen LogP contribution in [-0.2, 0) is 17.8 Å². The first-order valence-electron chi connectivity index (χ1n) is 9.25. The second-order valence-corrected chi connectivity index (χ2v) is 7.00. The van der Waals surface area contributed by atoms with Crippen molar-refractivity contribution >= 4 is 0 Å². The Labute approximate surface area is 151 Å². The quantitative estimate of drug-likeness (QED) is 0.774. The molecule has 1 aliphatic rings. The molecule has 0 radical (unpaired) electrons. The third-order valence-corrected chi connectivity index (χ3v) is 4.84. The molecule has 5 heteroatoms. The predicted molar refractivity (Wildman–Crippen MR) is 101 cm³/mol. The van der Waals surface area contributed by atoms with Gasteiger partial charge in [0.2, 0.25) is 0 Å². The first-order valence-corrected chi connectivity index (χ1v) is 9.25. The molecule has 1 saturated heterocycles. The SMILES string of the molecule is Cc1nccn1CCN(C)C[C@H]1CN(Cc2ccccc2)CCCO1. The van der Waals surface area contributed by atoms with E-state index in [1.54, 1.807) is 0 Å². The van der Waals surface area contributed by atoms with Crippen molar-refractivity contribution in [2.75, 3.05) is 39.8 Å². The Morgan fingerprint density at radius 1 is 1.28 bits per heavy atom. The largest absolute Gasteiger partial charge is 0.376 e. The Morgan fingerprint density at radius 3 is 2.88 bits per heavy atom. The summed E-state index contributed by atoms with van der Waals surface area (Å²) < 4.78 is 8.30. The smallest absolute Gasteiger partial charge is 0.105 e. The van der Waals surface area contributed by atoms with E-state index in [0.29, 0.717) is 0 Å². The lowest BCUT2D eigenvalue weighted by molar-refractivity contribution is 0.0306. The summed E-state index contributed by atoms with van der Waals surface area (Å²) in [6.45, 7) is 9.00. The summed E-state index contributed by atoms with van der Waals surface area (Å²) >= 11 is 0. The van der Waals surface area contributed by atoms with Gasteiger partial charge in [0.05, 0.1) is 6.10 Å². The Balaban J connectivity index is 1.48. The zero-order valence-electron chi connectivity index (χ0n) is 15.5. The highest BCUT2D eigenvalue weighted by Crippen LogP contribution is 2.11. The molecular weight excluding hydrogens is 312 g/mol. The molecule has 25 heavy (non-hydrogen) atoms. The van der Waals surface area contributed by atoms with Crippen LogP contribution in [0.25, 0.3) is 0 Å². The molecule has 1 aromatic carbocycles. The van der Waals surface area contributed by atoms with Crippen LogP contribution in [-0.4, -0.2) is 65.3 Å². The van der Waals surface area contributed by atoms with Crippen LogP contribution in [0, 0.1) is 6.92 Å². The number of ether oxygens (including phenoxy) is 1. The molecule has 1 atom stereocenters. The third-order valence-electron chi connectivity index (χ3n) is 4.84. The molecule has 0 N–H and O–H groups in total. The van der Waals surface area contributed by atoms with Crippen molar-refractivity contribution in [2.24, 2.45) is 0 Å². The van der Waals surface area contributed by atoms with Crippen molar-refractivity contribution in [1.82, 2.24) is 19.4 Å². The molecule has 136 valence electrons. The van der Waals surface area contributed by atoms with Gasteiger partial charge in [0.1, 0.15) is 5.82 Å². The summed E-state index contributed by atoms with van der Waals surface area (Å²) in [7, 11) is 2.18. The standard InChI is InChI=1S/C20H30N4O/c1-18-21-9-11-24(18)13-12-22(2)16-20-17-23(10-6-14-25-20)15-19-7-4-3-5-8-19/h3-5,7-9,11,20H,6,10,12-17H2,1-2H3/t20-/m0/s1. The molecule has 0 unspecified atom stereocenters. The molecule has 1 fully saturated rings. The number of hydrogen-bond donors (Lipinski definition) is 0. The summed E-state index contributed by atoms with van der Waals surface area (Å²) in [5.74, 6) is 1.08. The molecule has 0 saturated carbocycles. The maximum atomic E-state index is 6.10. The van der Waals surface area contributed by atoms with E-state index in [2.05, 4.69) is 63.7 Å². The van der Waals surface area contributed by atoms with Gasteiger partial charge in [-0.1, -0.05) is 30.3 Å². The van der Waals surface area contributed by atoms with Gasteiger partial charge in [0.25, 0.3) is 0 Å². The third kappa shape index (κ3) is 5.66. The molecule has 0 bridgehead atoms. The average Bonchev–Trinajstić information content (AvgIpc) is 2.89. The van der Waals surface area contributed by atoms with E-state index < -0.39 is 0 Å². The summed E-state index contributed by atoms with van der Waals surface area (Å²) in [5, 5.41) is 0. The number of aryl methyl sites for hydroxylation is 1. The van der Waals surface area contributed by atoms with Crippen LogP contribution in [0.1, 0.15) is 17.8 Å². The van der Waals surface area contributed by atoms with Gasteiger partial charge in [-0.05, 0) is 26.0 Å². The normalized spacial score (nSPS) is 19.2. The second kappa shape index (κ2) is 9.13. The van der Waals surface area contributed by atoms with Crippen LogP contribution < -0.4 is 0 Å². The van der Waals surface area contributed by atoms with Crippen molar-refractivity contribution in [3.63, 3.8) is 0 Å². The van der Waals surface area contributed by atoms with Gasteiger partial charge in [-0.3, -0.25) is 4.90 Å². The minimum atomic E-state index is 0.278. The Hall–Kier alpha value is -1.69. The molecule has 0 amide bonds. The molecule has 0 spiro atoms. The van der Waals surface area contributed by atoms with Crippen molar-refractivity contribution < 1.29 is 4.74 Å². The number of benzene rings is 1. The van der Waals surface area contributed by atoms with E-state index in [1.165, 1.54) is 5.56 Å². The van der Waals surface area contributed by atoms with Gasteiger partial charge in [0, 0.05) is 58.3 Å². The van der Waals surface area contributed by atoms with Crippen molar-refractivity contribution in [3.8, 4) is 0 Å². The van der Waals surface area contributed by atoms with Gasteiger partial charge in [-0.15, -0.1) is 0 Å². The lowest BCUT2D eigenvalue weighted by atomic mass is 10.2. The zero-order valence-corrected chi connectivity index (χ0v) is 15.5. The van der Waals surface area contributed by atoms with Crippen LogP contribution in [0.4, 0.5) is 0 Å². The highest BCUT2D eigenvalue weighted by molar-refractivity contribution is 5.14. The van der Waals surface area contributed by atoms with Gasteiger partial charge in [-0.25, -0.2) is 4.98 Å². The van der Waals surface area contributed by atoms with Crippen molar-refractivity contribution in [1.29, 1.82) is 0 Å². The van der Waals surface area contributed by atoms with Crippen LogP contribution in [0.2, 0.25) is 0 Å². The lowest BCUT2D eigenvalue weighted by Crippen LogP contribution is -2.39. The van der Waals surface area contributed by atoms with Crippen LogP contribution in [0.3, 0.4) is 0 Å². The predicted octanol–water partition coefficient (Wildman–Crippen LogP) is 2.41. The summed E-state index contributed by atoms with van der Waals surface area (Å²) in [6.07, 6.45) is 5.31. The monoisotopic (exact) mass is 342 g/mol. The van der Waals surface area contributed by atoms with Gasteiger partial charge in [0.15, 0.2) is 0 Å². The van der Waals surface area contributed by atoms with Gasteiger partial charge in [-0.2, -0.15) is 0 Å². The van der Waals surface area contributed by atoms with E-state index in [9.17, 15) is 0 Å². The molecule has 5 nitrogen and oxygen atoms in total. The van der Waals surface area contributed by atoms with E-state index in [4.69, 9.17) is 4.74 Å². The van der Waals surface area contributed by atoms with Gasteiger partial charge >= 0.3 is 0 Å². The summed E-state index contributed by atoms with van der Waals surface area (Å²) in [6, 6.07) is 10.7. The van der Waals surface area contributed by atoms with Gasteiger partial charge < -0.3 is 14.2 Å². The first kappa shape index (κ1) is 18.1. The summed E-state index contributed by atoms with van der Waals surface area (Å²) in [4.78, 5) is 9.19. The fraction of sp³-hybridized carbons (Fsp3) is 0.550. The molecule has 1 aromatic heterocycles. The minimum absolute atomic E-state index is 0.278. The highest BCUT2D eigenvalue weighted by Gasteiger charge is 2.20. The second-order valence-electron chi connectivity index (χ2n) is 7.00. The summed E-state index contributed by atoms with van der Waals surface area (Å²) in [5.41, 5.74) is 1.38. The molecule has 2 aromatic rings. The molecular formula is C20H30N4O. The molecule has 3 rings (SSSR count). The van der Waals surface area contributed by atoms with E-state index in [-0.39, 0.29) is 6.10 Å². The van der Waals surface area contributed by atoms with Crippen LogP contribution in [0.15, 0.2) is 42.7 Å². The number of nitrogens with zero attached hydrogens (tertiary/aromatic N) is 4. The minimum Gasteiger partial charge on any atom is -0.376 e. The molecule has 0 aliphatic carbocycles. The maximum absolute atomic E-state index is 6.10. The first-order chi connectivity index (χ1) is 12.2. The average molecular weight is 342 g/mol. The van der Waals surface area contributed by atoms with Crippen LogP contribution >= 0.6 is 0 Å². The van der Waals surface area contributed by atoms with Crippen LogP contribution in [0.5, 0.6) is 0 Å². The number of imidazole rings is 1. The van der Waals surface area contributed by atoms with Crippen molar-refractivity contribution in [2.45, 2.75) is 32.5 Å². The molecule has 2 heterocycles. The molecule has 1 aliphatic heterocycles. The Kier molecular flexibility index (Phi) is 6.62. The number of hydrogen-bond acceptors (Lipinski definition) is 4. The lowest BCUT2D eigenvalue weighted by Gasteiger charge is -2.27. The highest BCUT2D eigenvalue weighted by atomic mass is 16.5. The van der Waals surface area contributed by atoms with E-state index in [0.717, 1.165) is 58.1 Å². The topological polar surface area (TPSA) is 33.5 Å². The van der Waals surface area contributed by atoms with E-state index >= 15 is 0 Å². The number of rotatable bonds is 7. The Bertz CT molecular complexity index is 628. The maximum Gasteiger partial charge on any atom is 0.105 e. The zero-order chi connectivity index (χ0) is 17.5. The van der Waals surface area contributed by atoms with E-state index in [1.807, 2.05) is 12.4 Å².